The predicted molar refractivity (Wildman–Crippen MR) is 96.0 cm³/mol. The van der Waals surface area contributed by atoms with E-state index in [4.69, 9.17) is 9.47 Å². The number of rotatable bonds is 6. The highest BCUT2D eigenvalue weighted by Gasteiger charge is 2.19. The van der Waals surface area contributed by atoms with Crippen molar-refractivity contribution >= 4 is 23.5 Å². The second kappa shape index (κ2) is 9.30. The summed E-state index contributed by atoms with van der Waals surface area (Å²) in [6, 6.07) is 4.97. The van der Waals surface area contributed by atoms with Gasteiger partial charge in [-0.2, -0.15) is 0 Å². The Kier molecular flexibility index (Phi) is 7.11. The number of benzene rings is 1. The van der Waals surface area contributed by atoms with E-state index in [0.29, 0.717) is 37.6 Å². The van der Waals surface area contributed by atoms with Crippen LogP contribution in [0.3, 0.4) is 0 Å². The number of aryl methyl sites for hydroxylation is 1. The van der Waals surface area contributed by atoms with Crippen LogP contribution in [0.5, 0.6) is 0 Å². The number of likely N-dealkylation sites (N-methyl/N-ethyl adjacent to an activating group) is 1. The molecule has 0 spiro atoms. The van der Waals surface area contributed by atoms with Crippen molar-refractivity contribution in [3.63, 3.8) is 0 Å². The molecular formula is C18H25N3O5. The second-order valence-corrected chi connectivity index (χ2v) is 6.23. The molecule has 0 bridgehead atoms. The maximum Gasteiger partial charge on any atom is 0.337 e. The number of ether oxygens (including phenoxy) is 2. The van der Waals surface area contributed by atoms with Gasteiger partial charge in [0.2, 0.25) is 11.8 Å². The fraction of sp³-hybridized carbons (Fsp3) is 0.500. The maximum atomic E-state index is 12.3. The van der Waals surface area contributed by atoms with Crippen molar-refractivity contribution in [3.05, 3.63) is 29.3 Å². The molecule has 0 atom stereocenters. The zero-order chi connectivity index (χ0) is 19.1. The Bertz CT molecular complexity index is 671. The molecule has 8 heteroatoms. The van der Waals surface area contributed by atoms with Gasteiger partial charge in [0.1, 0.15) is 0 Å². The molecule has 1 fully saturated rings. The van der Waals surface area contributed by atoms with E-state index >= 15 is 0 Å². The van der Waals surface area contributed by atoms with Gasteiger partial charge in [0.15, 0.2) is 0 Å². The number of nitrogens with one attached hydrogen (secondary N) is 1. The molecule has 1 saturated heterocycles. The van der Waals surface area contributed by atoms with Crippen LogP contribution in [0, 0.1) is 6.92 Å². The van der Waals surface area contributed by atoms with Crippen LogP contribution >= 0.6 is 0 Å². The number of hydrogen-bond donors (Lipinski definition) is 1. The number of anilines is 1. The van der Waals surface area contributed by atoms with Crippen molar-refractivity contribution in [2.45, 2.75) is 6.92 Å². The minimum Gasteiger partial charge on any atom is -0.465 e. The first-order valence-corrected chi connectivity index (χ1v) is 8.43. The fourth-order valence-corrected chi connectivity index (χ4v) is 2.64. The second-order valence-electron chi connectivity index (χ2n) is 6.23. The molecule has 0 aliphatic carbocycles. The molecule has 1 aromatic rings. The summed E-state index contributed by atoms with van der Waals surface area (Å²) in [4.78, 5) is 39.5. The molecule has 2 rings (SSSR count). The number of esters is 1. The molecule has 0 aromatic heterocycles. The SMILES string of the molecule is COC(=O)c1ccc(C)c(NC(=O)CN(C)CC(=O)N2CCOCC2)c1. The van der Waals surface area contributed by atoms with E-state index in [1.54, 1.807) is 35.0 Å². The summed E-state index contributed by atoms with van der Waals surface area (Å²) < 4.78 is 9.92. The van der Waals surface area contributed by atoms with E-state index in [0.717, 1.165) is 5.56 Å². The van der Waals surface area contributed by atoms with Crippen LogP contribution in [0.1, 0.15) is 15.9 Å². The lowest BCUT2D eigenvalue weighted by Gasteiger charge is -2.28. The van der Waals surface area contributed by atoms with Crippen molar-refractivity contribution < 1.29 is 23.9 Å². The summed E-state index contributed by atoms with van der Waals surface area (Å²) in [6.07, 6.45) is 0. The molecule has 8 nitrogen and oxygen atoms in total. The lowest BCUT2D eigenvalue weighted by molar-refractivity contribution is -0.136. The average Bonchev–Trinajstić information content (AvgIpc) is 2.63. The Morgan fingerprint density at radius 3 is 2.58 bits per heavy atom. The molecule has 26 heavy (non-hydrogen) atoms. The number of carbonyl (C=O) groups excluding carboxylic acids is 3. The molecular weight excluding hydrogens is 338 g/mol. The first kappa shape index (κ1) is 19.9. The number of morpholine rings is 1. The standard InChI is InChI=1S/C18H25N3O5/c1-13-4-5-14(18(24)25-3)10-15(13)19-16(22)11-20(2)12-17(23)21-6-8-26-9-7-21/h4-5,10H,6-9,11-12H2,1-3H3,(H,19,22). The van der Waals surface area contributed by atoms with E-state index in [-0.39, 0.29) is 24.9 Å². The first-order chi connectivity index (χ1) is 12.4. The molecule has 2 amide bonds. The van der Waals surface area contributed by atoms with Crippen LogP contribution in [-0.2, 0) is 19.1 Å². The summed E-state index contributed by atoms with van der Waals surface area (Å²) in [5, 5.41) is 2.78. The van der Waals surface area contributed by atoms with Crippen LogP contribution in [0.2, 0.25) is 0 Å². The van der Waals surface area contributed by atoms with Gasteiger partial charge in [-0.15, -0.1) is 0 Å². The highest BCUT2D eigenvalue weighted by molar-refractivity contribution is 5.96. The highest BCUT2D eigenvalue weighted by atomic mass is 16.5. The minimum atomic E-state index is -0.464. The fourth-order valence-electron chi connectivity index (χ4n) is 2.64. The van der Waals surface area contributed by atoms with Gasteiger partial charge in [-0.25, -0.2) is 4.79 Å². The average molecular weight is 363 g/mol. The highest BCUT2D eigenvalue weighted by Crippen LogP contribution is 2.17. The van der Waals surface area contributed by atoms with E-state index < -0.39 is 5.97 Å². The molecule has 1 aromatic carbocycles. The Labute approximate surface area is 153 Å². The van der Waals surface area contributed by atoms with Crippen molar-refractivity contribution in [2.24, 2.45) is 0 Å². The van der Waals surface area contributed by atoms with E-state index in [1.165, 1.54) is 7.11 Å². The van der Waals surface area contributed by atoms with Gasteiger partial charge in [-0.3, -0.25) is 14.5 Å². The van der Waals surface area contributed by atoms with Gasteiger partial charge < -0.3 is 19.7 Å². The zero-order valence-corrected chi connectivity index (χ0v) is 15.4. The zero-order valence-electron chi connectivity index (χ0n) is 15.4. The molecule has 142 valence electrons. The molecule has 1 aliphatic rings. The lowest BCUT2D eigenvalue weighted by Crippen LogP contribution is -2.46. The number of amides is 2. The van der Waals surface area contributed by atoms with Crippen molar-refractivity contribution in [1.29, 1.82) is 0 Å². The third kappa shape index (κ3) is 5.53. The Hall–Kier alpha value is -2.45. The van der Waals surface area contributed by atoms with Gasteiger partial charge in [-0.05, 0) is 31.7 Å². The quantitative estimate of drug-likeness (QED) is 0.741. The van der Waals surface area contributed by atoms with Gasteiger partial charge in [0.25, 0.3) is 0 Å². The summed E-state index contributed by atoms with van der Waals surface area (Å²) in [6.45, 7) is 4.32. The number of carbonyl (C=O) groups is 3. The van der Waals surface area contributed by atoms with Crippen LogP contribution in [0.4, 0.5) is 5.69 Å². The summed E-state index contributed by atoms with van der Waals surface area (Å²) in [5.41, 5.74) is 1.74. The third-order valence-electron chi connectivity index (χ3n) is 4.12. The molecule has 1 heterocycles. The maximum absolute atomic E-state index is 12.3. The van der Waals surface area contributed by atoms with Gasteiger partial charge >= 0.3 is 5.97 Å². The van der Waals surface area contributed by atoms with Gasteiger partial charge in [-0.1, -0.05) is 6.07 Å². The smallest absolute Gasteiger partial charge is 0.337 e. The Morgan fingerprint density at radius 2 is 1.92 bits per heavy atom. The predicted octanol–water partition coefficient (Wildman–Crippen LogP) is 0.511. The number of nitrogens with zero attached hydrogens (tertiary/aromatic N) is 2. The topological polar surface area (TPSA) is 88.2 Å². The van der Waals surface area contributed by atoms with Crippen molar-refractivity contribution in [3.8, 4) is 0 Å². The first-order valence-electron chi connectivity index (χ1n) is 8.43. The molecule has 0 saturated carbocycles. The molecule has 0 unspecified atom stereocenters. The van der Waals surface area contributed by atoms with Crippen molar-refractivity contribution in [2.75, 3.05) is 58.9 Å². The third-order valence-corrected chi connectivity index (χ3v) is 4.12. The summed E-state index contributed by atoms with van der Waals surface area (Å²) >= 11 is 0. The van der Waals surface area contributed by atoms with E-state index in [2.05, 4.69) is 5.32 Å². The van der Waals surface area contributed by atoms with Crippen LogP contribution < -0.4 is 5.32 Å². The summed E-state index contributed by atoms with van der Waals surface area (Å²) in [7, 11) is 3.02. The number of hydrogen-bond acceptors (Lipinski definition) is 6. The van der Waals surface area contributed by atoms with Crippen LogP contribution in [-0.4, -0.2) is 81.1 Å². The normalized spacial score (nSPS) is 14.2. The molecule has 0 radical (unpaired) electrons. The van der Waals surface area contributed by atoms with E-state index in [1.807, 2.05) is 6.92 Å². The monoisotopic (exact) mass is 363 g/mol. The largest absolute Gasteiger partial charge is 0.465 e. The lowest BCUT2D eigenvalue weighted by atomic mass is 10.1. The van der Waals surface area contributed by atoms with Crippen LogP contribution in [0.15, 0.2) is 18.2 Å². The Balaban J connectivity index is 1.89. The summed E-state index contributed by atoms with van der Waals surface area (Å²) in [5.74, 6) is -0.742. The van der Waals surface area contributed by atoms with Crippen molar-refractivity contribution in [1.82, 2.24) is 9.80 Å². The molecule has 1 N–H and O–H groups in total. The Morgan fingerprint density at radius 1 is 1.23 bits per heavy atom. The van der Waals surface area contributed by atoms with Gasteiger partial charge in [0.05, 0.1) is 39.0 Å². The number of methoxy groups -OCH3 is 1. The molecule has 1 aliphatic heterocycles. The van der Waals surface area contributed by atoms with E-state index in [9.17, 15) is 14.4 Å². The minimum absolute atomic E-state index is 0.0209. The van der Waals surface area contributed by atoms with Gasteiger partial charge in [0, 0.05) is 18.8 Å². The van der Waals surface area contributed by atoms with Crippen LogP contribution in [0.25, 0.3) is 0 Å².